The molecular formula is C17H19N5O. The van der Waals surface area contributed by atoms with Crippen molar-refractivity contribution in [3.05, 3.63) is 65.7 Å². The standard InChI is InChI=1S/C17H19N5O/c1-13-12-21(2)20-16(13)17(23)18-10-8-14-9-11-22(19-14)15-6-4-3-5-7-15/h3-7,9,11-12H,8,10H2,1-2H3,(H,18,23). The number of hydrogen-bond acceptors (Lipinski definition) is 3. The van der Waals surface area contributed by atoms with Crippen LogP contribution < -0.4 is 5.32 Å². The predicted octanol–water partition coefficient (Wildman–Crippen LogP) is 1.89. The van der Waals surface area contributed by atoms with E-state index in [0.29, 0.717) is 18.7 Å². The number of aromatic nitrogens is 4. The Morgan fingerprint density at radius 2 is 1.96 bits per heavy atom. The fourth-order valence-electron chi connectivity index (χ4n) is 2.44. The number of carbonyl (C=O) groups is 1. The van der Waals surface area contributed by atoms with E-state index in [-0.39, 0.29) is 5.91 Å². The molecule has 0 spiro atoms. The Balaban J connectivity index is 1.56. The number of nitrogens with zero attached hydrogens (tertiary/aromatic N) is 4. The topological polar surface area (TPSA) is 64.7 Å². The largest absolute Gasteiger partial charge is 0.350 e. The van der Waals surface area contributed by atoms with Crippen LogP contribution in [0.1, 0.15) is 21.7 Å². The van der Waals surface area contributed by atoms with Crippen molar-refractivity contribution in [1.82, 2.24) is 24.9 Å². The number of para-hydroxylation sites is 1. The maximum atomic E-state index is 12.1. The summed E-state index contributed by atoms with van der Waals surface area (Å²) in [5.74, 6) is -0.148. The van der Waals surface area contributed by atoms with Crippen molar-refractivity contribution >= 4 is 5.91 Å². The molecule has 2 aromatic heterocycles. The Morgan fingerprint density at radius 3 is 2.65 bits per heavy atom. The second-order valence-electron chi connectivity index (χ2n) is 5.43. The summed E-state index contributed by atoms with van der Waals surface area (Å²) in [4.78, 5) is 12.1. The van der Waals surface area contributed by atoms with Crippen molar-refractivity contribution in [3.8, 4) is 5.69 Å². The number of amides is 1. The van der Waals surface area contributed by atoms with Gasteiger partial charge in [-0.05, 0) is 25.1 Å². The lowest BCUT2D eigenvalue weighted by atomic mass is 10.2. The van der Waals surface area contributed by atoms with Crippen LogP contribution in [0.3, 0.4) is 0 Å². The molecule has 6 nitrogen and oxygen atoms in total. The molecule has 0 saturated carbocycles. The highest BCUT2D eigenvalue weighted by atomic mass is 16.1. The summed E-state index contributed by atoms with van der Waals surface area (Å²) in [5, 5.41) is 11.6. The van der Waals surface area contributed by atoms with Gasteiger partial charge >= 0.3 is 0 Å². The number of benzene rings is 1. The predicted molar refractivity (Wildman–Crippen MR) is 87.5 cm³/mol. The van der Waals surface area contributed by atoms with E-state index < -0.39 is 0 Å². The summed E-state index contributed by atoms with van der Waals surface area (Å²) < 4.78 is 3.48. The van der Waals surface area contributed by atoms with Gasteiger partial charge in [-0.3, -0.25) is 9.48 Å². The molecule has 0 radical (unpaired) electrons. The van der Waals surface area contributed by atoms with Crippen molar-refractivity contribution in [2.24, 2.45) is 7.05 Å². The monoisotopic (exact) mass is 309 g/mol. The third kappa shape index (κ3) is 3.48. The molecule has 2 heterocycles. The van der Waals surface area contributed by atoms with Crippen LogP contribution in [0.25, 0.3) is 5.69 Å². The van der Waals surface area contributed by atoms with Gasteiger partial charge in [0.25, 0.3) is 5.91 Å². The molecule has 0 atom stereocenters. The lowest BCUT2D eigenvalue weighted by molar-refractivity contribution is 0.0948. The second-order valence-corrected chi connectivity index (χ2v) is 5.43. The van der Waals surface area contributed by atoms with E-state index in [2.05, 4.69) is 15.5 Å². The maximum absolute atomic E-state index is 12.1. The smallest absolute Gasteiger partial charge is 0.272 e. The molecular weight excluding hydrogens is 290 g/mol. The maximum Gasteiger partial charge on any atom is 0.272 e. The van der Waals surface area contributed by atoms with E-state index in [4.69, 9.17) is 0 Å². The quantitative estimate of drug-likeness (QED) is 0.783. The Hall–Kier alpha value is -2.89. The molecule has 118 valence electrons. The zero-order valence-electron chi connectivity index (χ0n) is 13.2. The van der Waals surface area contributed by atoms with E-state index in [0.717, 1.165) is 16.9 Å². The molecule has 0 fully saturated rings. The number of rotatable bonds is 5. The van der Waals surface area contributed by atoms with Gasteiger partial charge in [-0.25, -0.2) is 4.68 Å². The first-order valence-corrected chi connectivity index (χ1v) is 7.52. The highest BCUT2D eigenvalue weighted by Crippen LogP contribution is 2.07. The zero-order valence-corrected chi connectivity index (χ0v) is 13.2. The molecule has 0 saturated heterocycles. The van der Waals surface area contributed by atoms with E-state index in [9.17, 15) is 4.79 Å². The molecule has 0 aliphatic carbocycles. The fourth-order valence-corrected chi connectivity index (χ4v) is 2.44. The third-order valence-corrected chi connectivity index (χ3v) is 3.56. The summed E-state index contributed by atoms with van der Waals surface area (Å²) >= 11 is 0. The van der Waals surface area contributed by atoms with E-state index in [1.165, 1.54) is 0 Å². The van der Waals surface area contributed by atoms with Crippen LogP contribution in [0.4, 0.5) is 0 Å². The Bertz CT molecular complexity index is 804. The average Bonchev–Trinajstić information content (AvgIpc) is 3.14. The lowest BCUT2D eigenvalue weighted by Crippen LogP contribution is -2.27. The number of aryl methyl sites for hydroxylation is 2. The van der Waals surface area contributed by atoms with Crippen molar-refractivity contribution in [2.45, 2.75) is 13.3 Å². The van der Waals surface area contributed by atoms with Crippen LogP contribution in [0.15, 0.2) is 48.8 Å². The van der Waals surface area contributed by atoms with Crippen LogP contribution in [0.5, 0.6) is 0 Å². The van der Waals surface area contributed by atoms with E-state index in [1.807, 2.05) is 60.4 Å². The van der Waals surface area contributed by atoms with Crippen molar-refractivity contribution in [1.29, 1.82) is 0 Å². The fraction of sp³-hybridized carbons (Fsp3) is 0.235. The van der Waals surface area contributed by atoms with Crippen molar-refractivity contribution in [2.75, 3.05) is 6.54 Å². The molecule has 3 rings (SSSR count). The summed E-state index contributed by atoms with van der Waals surface area (Å²) in [5.41, 5.74) is 3.31. The SMILES string of the molecule is Cc1cn(C)nc1C(=O)NCCc1ccn(-c2ccccc2)n1. The van der Waals surface area contributed by atoms with Gasteiger partial charge in [-0.15, -0.1) is 0 Å². The lowest BCUT2D eigenvalue weighted by Gasteiger charge is -2.03. The molecule has 0 aliphatic rings. The Kier molecular flexibility index (Phi) is 4.23. The summed E-state index contributed by atoms with van der Waals surface area (Å²) in [6.07, 6.45) is 4.43. The van der Waals surface area contributed by atoms with Gasteiger partial charge in [0.1, 0.15) is 0 Å². The highest BCUT2D eigenvalue weighted by molar-refractivity contribution is 5.93. The van der Waals surface area contributed by atoms with Crippen LogP contribution >= 0.6 is 0 Å². The van der Waals surface area contributed by atoms with Gasteiger partial charge in [-0.1, -0.05) is 18.2 Å². The summed E-state index contributed by atoms with van der Waals surface area (Å²) in [7, 11) is 1.81. The van der Waals surface area contributed by atoms with Crippen molar-refractivity contribution < 1.29 is 4.79 Å². The Labute approximate surface area is 134 Å². The minimum Gasteiger partial charge on any atom is -0.350 e. The average molecular weight is 309 g/mol. The molecule has 1 amide bonds. The van der Waals surface area contributed by atoms with Gasteiger partial charge < -0.3 is 5.32 Å². The van der Waals surface area contributed by atoms with E-state index in [1.54, 1.807) is 11.7 Å². The zero-order chi connectivity index (χ0) is 16.2. The first-order chi connectivity index (χ1) is 11.1. The highest BCUT2D eigenvalue weighted by Gasteiger charge is 2.12. The van der Waals surface area contributed by atoms with Gasteiger partial charge in [-0.2, -0.15) is 10.2 Å². The number of hydrogen-bond donors (Lipinski definition) is 1. The number of nitrogens with one attached hydrogen (secondary N) is 1. The second kappa shape index (κ2) is 6.48. The molecule has 0 aliphatic heterocycles. The minimum absolute atomic E-state index is 0.148. The molecule has 1 N–H and O–H groups in total. The Morgan fingerprint density at radius 1 is 1.17 bits per heavy atom. The van der Waals surface area contributed by atoms with Crippen molar-refractivity contribution in [3.63, 3.8) is 0 Å². The van der Waals surface area contributed by atoms with Gasteiger partial charge in [0.15, 0.2) is 5.69 Å². The molecule has 23 heavy (non-hydrogen) atoms. The van der Waals surface area contributed by atoms with E-state index >= 15 is 0 Å². The molecule has 1 aromatic carbocycles. The summed E-state index contributed by atoms with van der Waals surface area (Å²) in [6, 6.07) is 11.9. The van der Waals surface area contributed by atoms with Crippen LogP contribution in [-0.4, -0.2) is 32.0 Å². The van der Waals surface area contributed by atoms with Gasteiger partial charge in [0.05, 0.1) is 11.4 Å². The van der Waals surface area contributed by atoms with Gasteiger partial charge in [0, 0.05) is 38.0 Å². The first kappa shape index (κ1) is 15.0. The van der Waals surface area contributed by atoms with Crippen LogP contribution in [0.2, 0.25) is 0 Å². The molecule has 6 heteroatoms. The normalized spacial score (nSPS) is 10.7. The van der Waals surface area contributed by atoms with Gasteiger partial charge in [0.2, 0.25) is 0 Å². The molecule has 0 unspecified atom stereocenters. The third-order valence-electron chi connectivity index (χ3n) is 3.56. The number of carbonyl (C=O) groups excluding carboxylic acids is 1. The molecule has 0 bridgehead atoms. The van der Waals surface area contributed by atoms with Crippen LogP contribution in [-0.2, 0) is 13.5 Å². The van der Waals surface area contributed by atoms with Crippen LogP contribution in [0, 0.1) is 6.92 Å². The molecule has 3 aromatic rings. The summed E-state index contributed by atoms with van der Waals surface area (Å²) in [6.45, 7) is 2.41. The first-order valence-electron chi connectivity index (χ1n) is 7.52. The minimum atomic E-state index is -0.148.